The summed E-state index contributed by atoms with van der Waals surface area (Å²) in [6.07, 6.45) is 2.12. The van der Waals surface area contributed by atoms with Crippen molar-refractivity contribution in [2.75, 3.05) is 12.0 Å². The van der Waals surface area contributed by atoms with Gasteiger partial charge in [0.15, 0.2) is 5.11 Å². The molecule has 1 heterocycles. The second-order valence-electron chi connectivity index (χ2n) is 4.54. The van der Waals surface area contributed by atoms with Gasteiger partial charge in [-0.05, 0) is 37.7 Å². The average Bonchev–Trinajstić information content (AvgIpc) is 2.44. The van der Waals surface area contributed by atoms with Gasteiger partial charge in [-0.25, -0.2) is 9.66 Å². The number of aryl methyl sites for hydroxylation is 1. The Morgan fingerprint density at radius 2 is 2.15 bits per heavy atom. The van der Waals surface area contributed by atoms with Crippen LogP contribution < -0.4 is 16.3 Å². The van der Waals surface area contributed by atoms with Crippen LogP contribution in [0.5, 0.6) is 0 Å². The van der Waals surface area contributed by atoms with Gasteiger partial charge in [0.2, 0.25) is 0 Å². The van der Waals surface area contributed by atoms with E-state index in [0.29, 0.717) is 21.8 Å². The number of fused-ring (bicyclic) bond motifs is 1. The van der Waals surface area contributed by atoms with E-state index >= 15 is 0 Å². The molecule has 0 fully saturated rings. The standard InChI is InChI=1S/C14H18N4OS/c1-3-4-9-15-14(20)17-18-10(2)16-12-8-6-5-7-11(12)13(18)19/h5-8H,3-4,9H2,1-2H3,(H2,15,17,20). The molecule has 0 atom stereocenters. The second kappa shape index (κ2) is 6.47. The van der Waals surface area contributed by atoms with Gasteiger partial charge in [-0.2, -0.15) is 0 Å². The molecule has 0 aliphatic heterocycles. The number of unbranched alkanes of at least 4 members (excludes halogenated alkanes) is 1. The van der Waals surface area contributed by atoms with E-state index in [0.717, 1.165) is 19.4 Å². The van der Waals surface area contributed by atoms with Gasteiger partial charge in [0.25, 0.3) is 5.56 Å². The highest BCUT2D eigenvalue weighted by atomic mass is 32.1. The summed E-state index contributed by atoms with van der Waals surface area (Å²) >= 11 is 5.18. The van der Waals surface area contributed by atoms with Gasteiger partial charge in [-0.3, -0.25) is 10.2 Å². The number of rotatable bonds is 4. The number of aromatic nitrogens is 2. The summed E-state index contributed by atoms with van der Waals surface area (Å²) < 4.78 is 1.38. The van der Waals surface area contributed by atoms with Crippen molar-refractivity contribution >= 4 is 28.2 Å². The second-order valence-corrected chi connectivity index (χ2v) is 4.95. The quantitative estimate of drug-likeness (QED) is 0.665. The Kier molecular flexibility index (Phi) is 4.68. The Morgan fingerprint density at radius 3 is 2.90 bits per heavy atom. The summed E-state index contributed by atoms with van der Waals surface area (Å²) in [4.78, 5) is 16.8. The van der Waals surface area contributed by atoms with Gasteiger partial charge in [0, 0.05) is 6.54 Å². The maximum absolute atomic E-state index is 12.4. The van der Waals surface area contributed by atoms with Crippen molar-refractivity contribution < 1.29 is 0 Å². The number of para-hydroxylation sites is 1. The number of benzene rings is 1. The van der Waals surface area contributed by atoms with Crippen LogP contribution in [0.1, 0.15) is 25.6 Å². The number of hydrogen-bond acceptors (Lipinski definition) is 3. The van der Waals surface area contributed by atoms with Crippen LogP contribution in [0.25, 0.3) is 10.9 Å². The Morgan fingerprint density at radius 1 is 1.40 bits per heavy atom. The summed E-state index contributed by atoms with van der Waals surface area (Å²) in [5.41, 5.74) is 3.44. The molecule has 2 aromatic rings. The topological polar surface area (TPSA) is 58.9 Å². The zero-order chi connectivity index (χ0) is 14.5. The monoisotopic (exact) mass is 290 g/mol. The fourth-order valence-electron chi connectivity index (χ4n) is 1.90. The molecule has 0 radical (unpaired) electrons. The zero-order valence-electron chi connectivity index (χ0n) is 11.6. The Balaban J connectivity index is 2.26. The molecule has 0 amide bonds. The molecule has 0 saturated heterocycles. The summed E-state index contributed by atoms with van der Waals surface area (Å²) in [7, 11) is 0. The van der Waals surface area contributed by atoms with Gasteiger partial charge in [-0.15, -0.1) is 0 Å². The van der Waals surface area contributed by atoms with Gasteiger partial charge in [0.05, 0.1) is 10.9 Å². The third-order valence-corrected chi connectivity index (χ3v) is 3.21. The van der Waals surface area contributed by atoms with Crippen LogP contribution in [0.15, 0.2) is 29.1 Å². The third-order valence-electron chi connectivity index (χ3n) is 2.97. The molecule has 0 unspecified atom stereocenters. The van der Waals surface area contributed by atoms with Crippen molar-refractivity contribution in [1.82, 2.24) is 15.0 Å². The summed E-state index contributed by atoms with van der Waals surface area (Å²) in [5.74, 6) is 0.577. The van der Waals surface area contributed by atoms with Crippen LogP contribution >= 0.6 is 12.2 Å². The average molecular weight is 290 g/mol. The smallest absolute Gasteiger partial charge is 0.280 e. The lowest BCUT2D eigenvalue weighted by atomic mass is 10.2. The molecule has 20 heavy (non-hydrogen) atoms. The number of hydrogen-bond donors (Lipinski definition) is 2. The maximum Gasteiger partial charge on any atom is 0.280 e. The summed E-state index contributed by atoms with van der Waals surface area (Å²) in [6, 6.07) is 7.27. The molecule has 2 rings (SSSR count). The molecule has 0 aliphatic rings. The highest BCUT2D eigenvalue weighted by Crippen LogP contribution is 2.06. The van der Waals surface area contributed by atoms with E-state index in [-0.39, 0.29) is 5.56 Å². The molecule has 5 nitrogen and oxygen atoms in total. The van der Waals surface area contributed by atoms with Gasteiger partial charge in [-0.1, -0.05) is 25.5 Å². The van der Waals surface area contributed by atoms with Gasteiger partial charge < -0.3 is 5.32 Å². The van der Waals surface area contributed by atoms with Crippen molar-refractivity contribution in [1.29, 1.82) is 0 Å². The molecule has 106 valence electrons. The van der Waals surface area contributed by atoms with Crippen LogP contribution in [0.4, 0.5) is 0 Å². The number of nitrogens with one attached hydrogen (secondary N) is 2. The van der Waals surface area contributed by atoms with E-state index in [9.17, 15) is 4.79 Å². The first kappa shape index (κ1) is 14.5. The SMILES string of the molecule is CCCCNC(=S)Nn1c(C)nc2ccccc2c1=O. The molecular formula is C14H18N4OS. The lowest BCUT2D eigenvalue weighted by Crippen LogP contribution is -2.41. The Labute approximate surface area is 123 Å². The fraction of sp³-hybridized carbons (Fsp3) is 0.357. The number of nitrogens with zero attached hydrogens (tertiary/aromatic N) is 2. The largest absolute Gasteiger partial charge is 0.361 e. The minimum Gasteiger partial charge on any atom is -0.361 e. The molecule has 1 aromatic heterocycles. The fourth-order valence-corrected chi connectivity index (χ4v) is 2.09. The predicted octanol–water partition coefficient (Wildman–Crippen LogP) is 1.92. The van der Waals surface area contributed by atoms with E-state index in [1.165, 1.54) is 4.68 Å². The maximum atomic E-state index is 12.4. The van der Waals surface area contributed by atoms with E-state index in [1.807, 2.05) is 18.2 Å². The van der Waals surface area contributed by atoms with Gasteiger partial charge >= 0.3 is 0 Å². The molecule has 6 heteroatoms. The summed E-state index contributed by atoms with van der Waals surface area (Å²) in [6.45, 7) is 4.67. The van der Waals surface area contributed by atoms with Crippen LogP contribution in [0, 0.1) is 6.92 Å². The lowest BCUT2D eigenvalue weighted by Gasteiger charge is -2.14. The van der Waals surface area contributed by atoms with Crippen molar-refractivity contribution in [3.8, 4) is 0 Å². The van der Waals surface area contributed by atoms with Crippen molar-refractivity contribution in [3.05, 3.63) is 40.4 Å². The van der Waals surface area contributed by atoms with Crippen molar-refractivity contribution in [2.45, 2.75) is 26.7 Å². The van der Waals surface area contributed by atoms with Crippen LogP contribution in [0.2, 0.25) is 0 Å². The first-order valence-corrected chi connectivity index (χ1v) is 7.07. The first-order chi connectivity index (χ1) is 9.63. The van der Waals surface area contributed by atoms with E-state index in [1.54, 1.807) is 13.0 Å². The molecule has 0 saturated carbocycles. The molecule has 0 aliphatic carbocycles. The van der Waals surface area contributed by atoms with Crippen molar-refractivity contribution in [3.63, 3.8) is 0 Å². The van der Waals surface area contributed by atoms with E-state index in [2.05, 4.69) is 22.7 Å². The Bertz CT molecular complexity index is 680. The molecule has 1 aromatic carbocycles. The minimum atomic E-state index is -0.146. The van der Waals surface area contributed by atoms with E-state index in [4.69, 9.17) is 12.2 Å². The van der Waals surface area contributed by atoms with E-state index < -0.39 is 0 Å². The Hall–Kier alpha value is -1.95. The van der Waals surface area contributed by atoms with Crippen LogP contribution in [-0.4, -0.2) is 21.3 Å². The summed E-state index contributed by atoms with van der Waals surface area (Å²) in [5, 5.41) is 4.07. The van der Waals surface area contributed by atoms with Crippen LogP contribution in [0.3, 0.4) is 0 Å². The number of thiocarbonyl (C=S) groups is 1. The molecule has 2 N–H and O–H groups in total. The molecular weight excluding hydrogens is 272 g/mol. The molecule has 0 bridgehead atoms. The predicted molar refractivity (Wildman–Crippen MR) is 85.6 cm³/mol. The highest BCUT2D eigenvalue weighted by Gasteiger charge is 2.08. The van der Waals surface area contributed by atoms with Crippen molar-refractivity contribution in [2.24, 2.45) is 0 Å². The third kappa shape index (κ3) is 3.14. The van der Waals surface area contributed by atoms with Gasteiger partial charge in [0.1, 0.15) is 5.82 Å². The highest BCUT2D eigenvalue weighted by molar-refractivity contribution is 7.80. The lowest BCUT2D eigenvalue weighted by molar-refractivity contribution is 0.746. The zero-order valence-corrected chi connectivity index (χ0v) is 12.5. The molecule has 0 spiro atoms. The van der Waals surface area contributed by atoms with Crippen LogP contribution in [-0.2, 0) is 0 Å². The normalized spacial score (nSPS) is 10.5. The first-order valence-electron chi connectivity index (χ1n) is 6.66. The minimum absolute atomic E-state index is 0.146.